The molecular formula is C24H27Cl2FN2O4S. The monoisotopic (exact) mass is 528 g/mol. The van der Waals surface area contributed by atoms with Crippen LogP contribution in [0.1, 0.15) is 39.5 Å². The first kappa shape index (κ1) is 25.1. The Bertz CT molecular complexity index is 1190. The third-order valence-corrected chi connectivity index (χ3v) is 8.23. The molecule has 6 nitrogen and oxygen atoms in total. The van der Waals surface area contributed by atoms with E-state index in [0.29, 0.717) is 4.90 Å². The van der Waals surface area contributed by atoms with E-state index in [4.69, 9.17) is 27.9 Å². The summed E-state index contributed by atoms with van der Waals surface area (Å²) in [5.41, 5.74) is -0.251. The quantitative estimate of drug-likeness (QED) is 0.533. The number of hydrogen-bond acceptors (Lipinski definition) is 5. The molecule has 0 saturated carbocycles. The number of rotatable bonds is 6. The largest absolute Gasteiger partial charge is 0.476 e. The molecular weight excluding hydrogens is 502 g/mol. The molecule has 2 heterocycles. The van der Waals surface area contributed by atoms with Crippen LogP contribution < -0.4 is 15.0 Å². The van der Waals surface area contributed by atoms with Crippen molar-refractivity contribution in [2.45, 2.75) is 68.2 Å². The van der Waals surface area contributed by atoms with Gasteiger partial charge in [0.15, 0.2) is 15.4 Å². The van der Waals surface area contributed by atoms with Gasteiger partial charge in [0.2, 0.25) is 0 Å². The first-order valence-electron chi connectivity index (χ1n) is 11.1. The van der Waals surface area contributed by atoms with E-state index in [1.54, 1.807) is 26.0 Å². The van der Waals surface area contributed by atoms with E-state index in [0.717, 1.165) is 37.4 Å². The van der Waals surface area contributed by atoms with E-state index >= 15 is 0 Å². The molecule has 0 aromatic heterocycles. The van der Waals surface area contributed by atoms with E-state index in [1.165, 1.54) is 12.3 Å². The number of sulfone groups is 1. The highest BCUT2D eigenvalue weighted by Crippen LogP contribution is 2.40. The summed E-state index contributed by atoms with van der Waals surface area (Å²) < 4.78 is 42.9. The zero-order chi connectivity index (χ0) is 24.8. The van der Waals surface area contributed by atoms with Crippen LogP contribution >= 0.6 is 23.2 Å². The first-order valence-corrected chi connectivity index (χ1v) is 13.7. The fourth-order valence-electron chi connectivity index (χ4n) is 4.84. The molecule has 0 aliphatic carbocycles. The Morgan fingerprint density at radius 2 is 1.68 bits per heavy atom. The average molecular weight is 529 g/mol. The van der Waals surface area contributed by atoms with Gasteiger partial charge in [-0.15, -0.1) is 0 Å². The summed E-state index contributed by atoms with van der Waals surface area (Å²) in [5.74, 6) is -0.811. The van der Waals surface area contributed by atoms with Crippen LogP contribution in [-0.2, 0) is 14.6 Å². The molecule has 0 radical (unpaired) electrons. The standard InChI is InChI=1S/C24H27Cl2FN2O4S/c1-24(2,33-22-13-19(25)21(27)12-20(22)26)23(30)28-14-10-16-4-5-17(11-14)29(16)15-6-8-18(9-7-15)34(3,31)32/h6-9,12-14,16-17H,4-5,10-11H2,1-3H3,(H,28,30)/t14-,16+,17-. The molecule has 2 aromatic rings. The molecule has 2 aliphatic rings. The predicted molar refractivity (Wildman–Crippen MR) is 131 cm³/mol. The van der Waals surface area contributed by atoms with Crippen LogP contribution in [-0.4, -0.2) is 44.3 Å². The highest BCUT2D eigenvalue weighted by Gasteiger charge is 2.42. The summed E-state index contributed by atoms with van der Waals surface area (Å²) in [6.07, 6.45) is 4.76. The molecule has 1 amide bonds. The van der Waals surface area contributed by atoms with Gasteiger partial charge >= 0.3 is 0 Å². The van der Waals surface area contributed by atoms with Crippen LogP contribution in [0.3, 0.4) is 0 Å². The van der Waals surface area contributed by atoms with Gasteiger partial charge in [-0.1, -0.05) is 23.2 Å². The molecule has 2 bridgehead atoms. The Hall–Kier alpha value is -2.03. The summed E-state index contributed by atoms with van der Waals surface area (Å²) in [6.45, 7) is 3.26. The maximum Gasteiger partial charge on any atom is 0.263 e. The van der Waals surface area contributed by atoms with Gasteiger partial charge in [0.1, 0.15) is 11.6 Å². The number of carbonyl (C=O) groups is 1. The summed E-state index contributed by atoms with van der Waals surface area (Å²) in [7, 11) is -3.24. The lowest BCUT2D eigenvalue weighted by Gasteiger charge is -2.41. The average Bonchev–Trinajstić information content (AvgIpc) is 3.01. The molecule has 2 aliphatic heterocycles. The number of nitrogens with one attached hydrogen (secondary N) is 1. The van der Waals surface area contributed by atoms with Gasteiger partial charge in [0, 0.05) is 36.1 Å². The third-order valence-electron chi connectivity index (χ3n) is 6.52. The molecule has 0 spiro atoms. The zero-order valence-electron chi connectivity index (χ0n) is 19.1. The van der Waals surface area contributed by atoms with Crippen molar-refractivity contribution in [3.63, 3.8) is 0 Å². The molecule has 34 heavy (non-hydrogen) atoms. The second-order valence-electron chi connectivity index (χ2n) is 9.51. The van der Waals surface area contributed by atoms with Crippen molar-refractivity contribution in [2.75, 3.05) is 11.2 Å². The fourth-order valence-corrected chi connectivity index (χ4v) is 5.82. The van der Waals surface area contributed by atoms with Crippen molar-refractivity contribution in [1.82, 2.24) is 5.32 Å². The third kappa shape index (κ3) is 5.14. The Labute approximate surface area is 209 Å². The lowest BCUT2D eigenvalue weighted by Crippen LogP contribution is -2.55. The lowest BCUT2D eigenvalue weighted by molar-refractivity contribution is -0.135. The predicted octanol–water partition coefficient (Wildman–Crippen LogP) is 5.01. The van der Waals surface area contributed by atoms with Crippen LogP contribution in [0.25, 0.3) is 0 Å². The van der Waals surface area contributed by atoms with Gasteiger partial charge in [0.25, 0.3) is 5.91 Å². The fraction of sp³-hybridized carbons (Fsp3) is 0.458. The van der Waals surface area contributed by atoms with Crippen LogP contribution in [0.5, 0.6) is 5.75 Å². The maximum absolute atomic E-state index is 13.6. The summed E-state index contributed by atoms with van der Waals surface area (Å²) in [6, 6.07) is 9.81. The molecule has 10 heteroatoms. The summed E-state index contributed by atoms with van der Waals surface area (Å²) in [5, 5.41) is 3.01. The highest BCUT2D eigenvalue weighted by molar-refractivity contribution is 7.90. The Morgan fingerprint density at radius 1 is 1.09 bits per heavy atom. The molecule has 2 fully saturated rings. The summed E-state index contributed by atoms with van der Waals surface area (Å²) >= 11 is 11.9. The minimum atomic E-state index is -3.24. The van der Waals surface area contributed by atoms with E-state index < -0.39 is 21.3 Å². The summed E-state index contributed by atoms with van der Waals surface area (Å²) in [4.78, 5) is 15.7. The maximum atomic E-state index is 13.6. The SMILES string of the molecule is CC(C)(Oc1cc(Cl)c(F)cc1Cl)C(=O)N[C@H]1C[C@H]2CC[C@@H](C1)N2c1ccc(S(C)(=O)=O)cc1. The molecule has 2 saturated heterocycles. The number of piperidine rings is 1. The Morgan fingerprint density at radius 3 is 2.24 bits per heavy atom. The van der Waals surface area contributed by atoms with Gasteiger partial charge in [-0.25, -0.2) is 12.8 Å². The van der Waals surface area contributed by atoms with Gasteiger partial charge in [-0.05, 0) is 69.9 Å². The van der Waals surface area contributed by atoms with Crippen molar-refractivity contribution in [2.24, 2.45) is 0 Å². The molecule has 4 rings (SSSR count). The number of nitrogens with zero attached hydrogens (tertiary/aromatic N) is 1. The normalized spacial score (nSPS) is 22.5. The highest BCUT2D eigenvalue weighted by atomic mass is 35.5. The van der Waals surface area contributed by atoms with Gasteiger partial charge in [-0.3, -0.25) is 4.79 Å². The zero-order valence-corrected chi connectivity index (χ0v) is 21.5. The van der Waals surface area contributed by atoms with E-state index in [9.17, 15) is 17.6 Å². The molecule has 2 aromatic carbocycles. The van der Waals surface area contributed by atoms with Gasteiger partial charge in [0.05, 0.1) is 14.9 Å². The molecule has 0 unspecified atom stereocenters. The smallest absolute Gasteiger partial charge is 0.263 e. The van der Waals surface area contributed by atoms with Crippen LogP contribution in [0, 0.1) is 5.82 Å². The molecule has 1 N–H and O–H groups in total. The topological polar surface area (TPSA) is 75.7 Å². The van der Waals surface area contributed by atoms with Crippen LogP contribution in [0.4, 0.5) is 10.1 Å². The second kappa shape index (κ2) is 9.21. The van der Waals surface area contributed by atoms with Crippen molar-refractivity contribution in [3.05, 3.63) is 52.3 Å². The van der Waals surface area contributed by atoms with Crippen LogP contribution in [0.15, 0.2) is 41.3 Å². The van der Waals surface area contributed by atoms with E-state index in [2.05, 4.69) is 10.2 Å². The number of benzene rings is 2. The number of fused-ring (bicyclic) bond motifs is 2. The van der Waals surface area contributed by atoms with Crippen molar-refractivity contribution in [3.8, 4) is 5.75 Å². The number of halogens is 3. The minimum absolute atomic E-state index is 0.0216. The number of amides is 1. The van der Waals surface area contributed by atoms with Crippen molar-refractivity contribution < 1.29 is 22.3 Å². The Balaban J connectivity index is 1.42. The lowest BCUT2D eigenvalue weighted by atomic mass is 9.95. The number of carbonyl (C=O) groups excluding carboxylic acids is 1. The minimum Gasteiger partial charge on any atom is -0.476 e. The van der Waals surface area contributed by atoms with Crippen molar-refractivity contribution in [1.29, 1.82) is 0 Å². The second-order valence-corrected chi connectivity index (χ2v) is 12.3. The number of ether oxygens (including phenoxy) is 1. The Kier molecular flexibility index (Phi) is 6.79. The van der Waals surface area contributed by atoms with Gasteiger partial charge in [-0.2, -0.15) is 0 Å². The first-order chi connectivity index (χ1) is 15.8. The van der Waals surface area contributed by atoms with Crippen LogP contribution in [0.2, 0.25) is 10.0 Å². The van der Waals surface area contributed by atoms with Gasteiger partial charge < -0.3 is 15.0 Å². The number of hydrogen-bond donors (Lipinski definition) is 1. The number of anilines is 1. The van der Waals surface area contributed by atoms with E-state index in [1.807, 2.05) is 12.1 Å². The van der Waals surface area contributed by atoms with E-state index in [-0.39, 0.29) is 39.8 Å². The molecule has 184 valence electrons. The van der Waals surface area contributed by atoms with Crippen molar-refractivity contribution >= 4 is 44.6 Å². The molecule has 3 atom stereocenters.